The molecule has 0 aliphatic rings. The number of alkyl halides is 1. The fourth-order valence-electron chi connectivity index (χ4n) is 2.06. The Bertz CT molecular complexity index is 336. The maximum atomic E-state index is 3.50. The lowest BCUT2D eigenvalue weighted by molar-refractivity contribution is 0.628. The van der Waals surface area contributed by atoms with Crippen molar-refractivity contribution in [3.8, 4) is 0 Å². The van der Waals surface area contributed by atoms with Gasteiger partial charge in [-0.1, -0.05) is 35.0 Å². The van der Waals surface area contributed by atoms with Crippen LogP contribution in [0.3, 0.4) is 0 Å². The molecule has 0 aromatic heterocycles. The second-order valence-electron chi connectivity index (χ2n) is 4.30. The van der Waals surface area contributed by atoms with Gasteiger partial charge in [-0.05, 0) is 44.4 Å². The molecule has 1 atom stereocenters. The van der Waals surface area contributed by atoms with E-state index < -0.39 is 0 Å². The quantitative estimate of drug-likeness (QED) is 0.719. The van der Waals surface area contributed by atoms with Gasteiger partial charge in [-0.15, -0.1) is 0 Å². The molecule has 0 heterocycles. The third kappa shape index (κ3) is 3.00. The van der Waals surface area contributed by atoms with Gasteiger partial charge in [-0.3, -0.25) is 0 Å². The first-order valence-corrected chi connectivity index (χ1v) is 7.18. The van der Waals surface area contributed by atoms with Crippen LogP contribution in [-0.2, 0) is 5.33 Å². The SMILES string of the molecule is CCC(C)N(CC)c1ccc(CBr)cc1C. The van der Waals surface area contributed by atoms with Crippen LogP contribution in [-0.4, -0.2) is 12.6 Å². The highest BCUT2D eigenvalue weighted by atomic mass is 79.9. The molecule has 0 N–H and O–H groups in total. The highest BCUT2D eigenvalue weighted by molar-refractivity contribution is 9.08. The molecule has 0 aliphatic heterocycles. The summed E-state index contributed by atoms with van der Waals surface area (Å²) in [5.41, 5.74) is 4.10. The molecule has 90 valence electrons. The van der Waals surface area contributed by atoms with E-state index in [1.54, 1.807) is 0 Å². The van der Waals surface area contributed by atoms with Gasteiger partial charge in [0.1, 0.15) is 0 Å². The monoisotopic (exact) mass is 283 g/mol. The van der Waals surface area contributed by atoms with Crippen LogP contribution < -0.4 is 4.90 Å². The van der Waals surface area contributed by atoms with E-state index in [2.05, 4.69) is 66.7 Å². The normalized spacial score (nSPS) is 12.6. The molecule has 16 heavy (non-hydrogen) atoms. The smallest absolute Gasteiger partial charge is 0.0398 e. The third-order valence-electron chi connectivity index (χ3n) is 3.19. The minimum Gasteiger partial charge on any atom is -0.369 e. The van der Waals surface area contributed by atoms with Gasteiger partial charge in [-0.25, -0.2) is 0 Å². The number of aryl methyl sites for hydroxylation is 1. The summed E-state index contributed by atoms with van der Waals surface area (Å²) >= 11 is 3.50. The molecule has 0 saturated carbocycles. The summed E-state index contributed by atoms with van der Waals surface area (Å²) in [7, 11) is 0. The van der Waals surface area contributed by atoms with Crippen LogP contribution >= 0.6 is 15.9 Å². The average molecular weight is 284 g/mol. The van der Waals surface area contributed by atoms with E-state index in [1.807, 2.05) is 0 Å². The molecule has 0 saturated heterocycles. The highest BCUT2D eigenvalue weighted by Gasteiger charge is 2.12. The van der Waals surface area contributed by atoms with Crippen molar-refractivity contribution in [2.75, 3.05) is 11.4 Å². The maximum absolute atomic E-state index is 3.50. The first-order chi connectivity index (χ1) is 7.63. The molecule has 1 unspecified atom stereocenters. The van der Waals surface area contributed by atoms with E-state index in [0.717, 1.165) is 11.9 Å². The number of hydrogen-bond donors (Lipinski definition) is 0. The standard InChI is InChI=1S/C14H22BrN/c1-5-12(4)16(6-2)14-8-7-13(10-15)9-11(14)3/h7-9,12H,5-6,10H2,1-4H3. The predicted molar refractivity (Wildman–Crippen MR) is 76.6 cm³/mol. The van der Waals surface area contributed by atoms with Gasteiger partial charge in [-0.2, -0.15) is 0 Å². The summed E-state index contributed by atoms with van der Waals surface area (Å²) in [4.78, 5) is 2.48. The van der Waals surface area contributed by atoms with Crippen molar-refractivity contribution in [1.82, 2.24) is 0 Å². The molecule has 0 radical (unpaired) electrons. The maximum Gasteiger partial charge on any atom is 0.0398 e. The zero-order valence-corrected chi connectivity index (χ0v) is 12.3. The molecule has 2 heteroatoms. The minimum absolute atomic E-state index is 0.610. The van der Waals surface area contributed by atoms with Crippen molar-refractivity contribution in [1.29, 1.82) is 0 Å². The Morgan fingerprint density at radius 3 is 2.44 bits per heavy atom. The largest absolute Gasteiger partial charge is 0.369 e. The van der Waals surface area contributed by atoms with Crippen LogP contribution in [0.1, 0.15) is 38.3 Å². The van der Waals surface area contributed by atoms with E-state index in [9.17, 15) is 0 Å². The van der Waals surface area contributed by atoms with Crippen LogP contribution in [0.2, 0.25) is 0 Å². The minimum atomic E-state index is 0.610. The van der Waals surface area contributed by atoms with Crippen molar-refractivity contribution in [2.45, 2.75) is 45.5 Å². The van der Waals surface area contributed by atoms with E-state index in [0.29, 0.717) is 6.04 Å². The first-order valence-electron chi connectivity index (χ1n) is 6.06. The average Bonchev–Trinajstić information content (AvgIpc) is 2.31. The molecule has 0 aliphatic carbocycles. The van der Waals surface area contributed by atoms with Gasteiger partial charge < -0.3 is 4.90 Å². The number of rotatable bonds is 5. The molecule has 0 amide bonds. The summed E-state index contributed by atoms with van der Waals surface area (Å²) in [6.45, 7) is 10.0. The Morgan fingerprint density at radius 2 is 2.00 bits per heavy atom. The Kier molecular flexibility index (Phi) is 5.33. The molecule has 1 nitrogen and oxygen atoms in total. The Balaban J connectivity index is 3.01. The van der Waals surface area contributed by atoms with Crippen LogP contribution in [0, 0.1) is 6.92 Å². The summed E-state index contributed by atoms with van der Waals surface area (Å²) in [6, 6.07) is 7.34. The lowest BCUT2D eigenvalue weighted by Gasteiger charge is -2.31. The third-order valence-corrected chi connectivity index (χ3v) is 3.84. The van der Waals surface area contributed by atoms with Gasteiger partial charge >= 0.3 is 0 Å². The van der Waals surface area contributed by atoms with Gasteiger partial charge in [0, 0.05) is 23.6 Å². The molecule has 0 spiro atoms. The Morgan fingerprint density at radius 1 is 1.31 bits per heavy atom. The van der Waals surface area contributed by atoms with Crippen molar-refractivity contribution < 1.29 is 0 Å². The Hall–Kier alpha value is -0.500. The Labute approximate surface area is 108 Å². The number of nitrogens with zero attached hydrogens (tertiary/aromatic N) is 1. The van der Waals surface area contributed by atoms with Crippen molar-refractivity contribution in [3.63, 3.8) is 0 Å². The zero-order chi connectivity index (χ0) is 12.1. The van der Waals surface area contributed by atoms with Gasteiger partial charge in [0.15, 0.2) is 0 Å². The van der Waals surface area contributed by atoms with Crippen LogP contribution in [0.5, 0.6) is 0 Å². The summed E-state index contributed by atoms with van der Waals surface area (Å²) in [5, 5.41) is 0.934. The van der Waals surface area contributed by atoms with Gasteiger partial charge in [0.05, 0.1) is 0 Å². The number of benzene rings is 1. The summed E-state index contributed by atoms with van der Waals surface area (Å²) in [6.07, 6.45) is 1.19. The van der Waals surface area contributed by atoms with Gasteiger partial charge in [0.25, 0.3) is 0 Å². The van der Waals surface area contributed by atoms with E-state index in [1.165, 1.54) is 23.2 Å². The van der Waals surface area contributed by atoms with E-state index >= 15 is 0 Å². The fraction of sp³-hybridized carbons (Fsp3) is 0.571. The van der Waals surface area contributed by atoms with Crippen LogP contribution in [0.15, 0.2) is 18.2 Å². The predicted octanol–water partition coefficient (Wildman–Crippen LogP) is 4.51. The first kappa shape index (κ1) is 13.6. The molecule has 0 bridgehead atoms. The number of halogens is 1. The van der Waals surface area contributed by atoms with Crippen molar-refractivity contribution in [2.24, 2.45) is 0 Å². The second kappa shape index (κ2) is 6.29. The van der Waals surface area contributed by atoms with E-state index in [-0.39, 0.29) is 0 Å². The number of anilines is 1. The molecule has 1 aromatic rings. The van der Waals surface area contributed by atoms with Crippen LogP contribution in [0.25, 0.3) is 0 Å². The summed E-state index contributed by atoms with van der Waals surface area (Å²) < 4.78 is 0. The highest BCUT2D eigenvalue weighted by Crippen LogP contribution is 2.24. The summed E-state index contributed by atoms with van der Waals surface area (Å²) in [5.74, 6) is 0. The van der Waals surface area contributed by atoms with Gasteiger partial charge in [0.2, 0.25) is 0 Å². The lowest BCUT2D eigenvalue weighted by atomic mass is 10.1. The molecule has 0 fully saturated rings. The fourth-order valence-corrected chi connectivity index (χ4v) is 2.41. The molecular formula is C14H22BrN. The molecule has 1 aromatic carbocycles. The second-order valence-corrected chi connectivity index (χ2v) is 4.86. The lowest BCUT2D eigenvalue weighted by Crippen LogP contribution is -2.32. The van der Waals surface area contributed by atoms with E-state index in [4.69, 9.17) is 0 Å². The molecule has 1 rings (SSSR count). The molecular weight excluding hydrogens is 262 g/mol. The van der Waals surface area contributed by atoms with Crippen LogP contribution in [0.4, 0.5) is 5.69 Å². The number of hydrogen-bond acceptors (Lipinski definition) is 1. The topological polar surface area (TPSA) is 3.24 Å². The zero-order valence-electron chi connectivity index (χ0n) is 10.8. The van der Waals surface area contributed by atoms with Crippen molar-refractivity contribution >= 4 is 21.6 Å². The van der Waals surface area contributed by atoms with Crippen molar-refractivity contribution in [3.05, 3.63) is 29.3 Å².